The number of aromatic carboxylic acids is 1. The Labute approximate surface area is 128 Å². The molecule has 0 radical (unpaired) electrons. The molecular formula is C13H10BrClN2O3. The van der Waals surface area contributed by atoms with Gasteiger partial charge in [-0.3, -0.25) is 4.79 Å². The van der Waals surface area contributed by atoms with Crippen molar-refractivity contribution in [1.29, 1.82) is 0 Å². The highest BCUT2D eigenvalue weighted by molar-refractivity contribution is 9.10. The standard InChI is InChI=1S/C13H10BrClN2O3/c1-17-6-8(14)5-11(17)12(18)16-10-3-2-7(13(19)20)4-9(10)15/h2-6H,1H3,(H,16,18)(H,19,20). The maximum Gasteiger partial charge on any atom is 0.335 e. The third-order valence-electron chi connectivity index (χ3n) is 2.67. The molecule has 104 valence electrons. The number of benzene rings is 1. The maximum absolute atomic E-state index is 12.1. The van der Waals surface area contributed by atoms with Crippen LogP contribution in [0.1, 0.15) is 20.8 Å². The van der Waals surface area contributed by atoms with Gasteiger partial charge < -0.3 is 15.0 Å². The van der Waals surface area contributed by atoms with Gasteiger partial charge in [0, 0.05) is 17.7 Å². The van der Waals surface area contributed by atoms with Crippen molar-refractivity contribution in [2.24, 2.45) is 7.05 Å². The minimum Gasteiger partial charge on any atom is -0.478 e. The summed E-state index contributed by atoms with van der Waals surface area (Å²) in [4.78, 5) is 22.9. The molecule has 0 saturated carbocycles. The maximum atomic E-state index is 12.1. The van der Waals surface area contributed by atoms with E-state index in [9.17, 15) is 9.59 Å². The zero-order chi connectivity index (χ0) is 14.9. The van der Waals surface area contributed by atoms with E-state index in [1.165, 1.54) is 18.2 Å². The molecule has 0 atom stereocenters. The smallest absolute Gasteiger partial charge is 0.335 e. The molecule has 0 fully saturated rings. The number of carbonyl (C=O) groups is 2. The molecule has 0 spiro atoms. The highest BCUT2D eigenvalue weighted by Gasteiger charge is 2.14. The average Bonchev–Trinajstić information content (AvgIpc) is 2.70. The fourth-order valence-corrected chi connectivity index (χ4v) is 2.44. The van der Waals surface area contributed by atoms with Crippen molar-refractivity contribution in [3.05, 3.63) is 51.2 Å². The molecule has 1 heterocycles. The molecule has 1 aromatic heterocycles. The first-order chi connectivity index (χ1) is 9.38. The number of hydrogen-bond acceptors (Lipinski definition) is 2. The van der Waals surface area contributed by atoms with Crippen molar-refractivity contribution in [2.45, 2.75) is 0 Å². The normalized spacial score (nSPS) is 10.3. The molecule has 0 saturated heterocycles. The third kappa shape index (κ3) is 3.02. The second-order valence-electron chi connectivity index (χ2n) is 4.11. The van der Waals surface area contributed by atoms with Gasteiger partial charge in [-0.15, -0.1) is 0 Å². The number of hydrogen-bond donors (Lipinski definition) is 2. The van der Waals surface area contributed by atoms with Gasteiger partial charge >= 0.3 is 5.97 Å². The number of carboxylic acid groups (broad SMARTS) is 1. The Bertz CT molecular complexity index is 697. The van der Waals surface area contributed by atoms with Gasteiger partial charge in [0.1, 0.15) is 5.69 Å². The van der Waals surface area contributed by atoms with Crippen LogP contribution < -0.4 is 5.32 Å². The first-order valence-corrected chi connectivity index (χ1v) is 6.71. The molecule has 0 aliphatic rings. The monoisotopic (exact) mass is 356 g/mol. The van der Waals surface area contributed by atoms with Gasteiger partial charge in [0.15, 0.2) is 0 Å². The minimum atomic E-state index is -1.07. The number of halogens is 2. The third-order valence-corrected chi connectivity index (χ3v) is 3.41. The van der Waals surface area contributed by atoms with Crippen molar-refractivity contribution in [2.75, 3.05) is 5.32 Å². The van der Waals surface area contributed by atoms with Gasteiger partial charge in [-0.1, -0.05) is 11.6 Å². The largest absolute Gasteiger partial charge is 0.478 e. The number of carboxylic acids is 1. The van der Waals surface area contributed by atoms with Crippen LogP contribution in [0.15, 0.2) is 34.9 Å². The zero-order valence-corrected chi connectivity index (χ0v) is 12.7. The summed E-state index contributed by atoms with van der Waals surface area (Å²) in [5.74, 6) is -1.40. The lowest BCUT2D eigenvalue weighted by Crippen LogP contribution is -2.15. The molecular weight excluding hydrogens is 348 g/mol. The van der Waals surface area contributed by atoms with E-state index in [1.54, 1.807) is 23.9 Å². The first-order valence-electron chi connectivity index (χ1n) is 5.54. The second-order valence-corrected chi connectivity index (χ2v) is 5.43. The Morgan fingerprint density at radius 3 is 2.55 bits per heavy atom. The fourth-order valence-electron chi connectivity index (χ4n) is 1.69. The summed E-state index contributed by atoms with van der Waals surface area (Å²) in [6.45, 7) is 0. The number of nitrogens with one attached hydrogen (secondary N) is 1. The summed E-state index contributed by atoms with van der Waals surface area (Å²) in [6, 6.07) is 5.81. The SMILES string of the molecule is Cn1cc(Br)cc1C(=O)Nc1ccc(C(=O)O)cc1Cl. The molecule has 0 aliphatic heterocycles. The number of anilines is 1. The van der Waals surface area contributed by atoms with Gasteiger partial charge in [0.2, 0.25) is 0 Å². The van der Waals surface area contributed by atoms with Crippen LogP contribution in [0.25, 0.3) is 0 Å². The molecule has 2 N–H and O–H groups in total. The van der Waals surface area contributed by atoms with Crippen LogP contribution in [0.4, 0.5) is 5.69 Å². The van der Waals surface area contributed by atoms with Crippen molar-refractivity contribution in [3.63, 3.8) is 0 Å². The van der Waals surface area contributed by atoms with Gasteiger partial charge in [0.25, 0.3) is 5.91 Å². The van der Waals surface area contributed by atoms with E-state index >= 15 is 0 Å². The average molecular weight is 358 g/mol. The molecule has 0 bridgehead atoms. The topological polar surface area (TPSA) is 71.3 Å². The molecule has 1 aromatic carbocycles. The lowest BCUT2D eigenvalue weighted by molar-refractivity contribution is 0.0696. The first kappa shape index (κ1) is 14.6. The van der Waals surface area contributed by atoms with E-state index in [1.807, 2.05) is 0 Å². The van der Waals surface area contributed by atoms with Gasteiger partial charge in [-0.2, -0.15) is 0 Å². The number of amides is 1. The lowest BCUT2D eigenvalue weighted by Gasteiger charge is -2.08. The van der Waals surface area contributed by atoms with Crippen LogP contribution in [0.2, 0.25) is 5.02 Å². The molecule has 5 nitrogen and oxygen atoms in total. The quantitative estimate of drug-likeness (QED) is 0.884. The van der Waals surface area contributed by atoms with Crippen molar-refractivity contribution >= 4 is 45.1 Å². The van der Waals surface area contributed by atoms with Gasteiger partial charge in [-0.25, -0.2) is 4.79 Å². The van der Waals surface area contributed by atoms with Gasteiger partial charge in [0.05, 0.1) is 16.3 Å². The van der Waals surface area contributed by atoms with E-state index in [0.29, 0.717) is 11.4 Å². The summed E-state index contributed by atoms with van der Waals surface area (Å²) >= 11 is 9.24. The van der Waals surface area contributed by atoms with Gasteiger partial charge in [-0.05, 0) is 40.2 Å². The van der Waals surface area contributed by atoms with Crippen molar-refractivity contribution < 1.29 is 14.7 Å². The highest BCUT2D eigenvalue weighted by Crippen LogP contribution is 2.24. The number of rotatable bonds is 3. The Hall–Kier alpha value is -1.79. The Balaban J connectivity index is 2.24. The van der Waals surface area contributed by atoms with Crippen molar-refractivity contribution in [3.8, 4) is 0 Å². The second kappa shape index (κ2) is 5.68. The molecule has 20 heavy (non-hydrogen) atoms. The molecule has 7 heteroatoms. The number of aryl methyl sites for hydroxylation is 1. The van der Waals surface area contributed by atoms with Crippen LogP contribution in [-0.2, 0) is 7.05 Å². The van der Waals surface area contributed by atoms with Crippen LogP contribution in [0.5, 0.6) is 0 Å². The molecule has 2 aromatic rings. The molecule has 2 rings (SSSR count). The predicted molar refractivity (Wildman–Crippen MR) is 79.5 cm³/mol. The predicted octanol–water partition coefficient (Wildman–Crippen LogP) is 3.39. The van der Waals surface area contributed by atoms with Crippen LogP contribution in [0.3, 0.4) is 0 Å². The summed E-state index contributed by atoms with van der Waals surface area (Å²) in [7, 11) is 1.74. The molecule has 1 amide bonds. The minimum absolute atomic E-state index is 0.0645. The Kier molecular flexibility index (Phi) is 4.15. The molecule has 0 unspecified atom stereocenters. The summed E-state index contributed by atoms with van der Waals surface area (Å²) in [5, 5.41) is 11.7. The highest BCUT2D eigenvalue weighted by atomic mass is 79.9. The number of aromatic nitrogens is 1. The van der Waals surface area contributed by atoms with Crippen LogP contribution >= 0.6 is 27.5 Å². The Morgan fingerprint density at radius 1 is 1.35 bits per heavy atom. The summed E-state index contributed by atoms with van der Waals surface area (Å²) in [6.07, 6.45) is 1.75. The van der Waals surface area contributed by atoms with E-state index in [2.05, 4.69) is 21.2 Å². The van der Waals surface area contributed by atoms with Crippen LogP contribution in [0, 0.1) is 0 Å². The van der Waals surface area contributed by atoms with E-state index in [4.69, 9.17) is 16.7 Å². The summed E-state index contributed by atoms with van der Waals surface area (Å²) in [5.41, 5.74) is 0.879. The van der Waals surface area contributed by atoms with E-state index < -0.39 is 5.97 Å². The summed E-state index contributed by atoms with van der Waals surface area (Å²) < 4.78 is 2.45. The van der Waals surface area contributed by atoms with Crippen molar-refractivity contribution in [1.82, 2.24) is 4.57 Å². The zero-order valence-electron chi connectivity index (χ0n) is 10.4. The van der Waals surface area contributed by atoms with E-state index in [-0.39, 0.29) is 16.5 Å². The number of carbonyl (C=O) groups excluding carboxylic acids is 1. The van der Waals surface area contributed by atoms with E-state index in [0.717, 1.165) is 4.47 Å². The van der Waals surface area contributed by atoms with Crippen LogP contribution in [-0.4, -0.2) is 21.6 Å². The Morgan fingerprint density at radius 2 is 2.05 bits per heavy atom. The fraction of sp³-hybridized carbons (Fsp3) is 0.0769. The lowest BCUT2D eigenvalue weighted by atomic mass is 10.2. The number of nitrogens with zero attached hydrogens (tertiary/aromatic N) is 1. The molecule has 0 aliphatic carbocycles.